The van der Waals surface area contributed by atoms with Crippen molar-refractivity contribution in [2.24, 2.45) is 0 Å². The van der Waals surface area contributed by atoms with E-state index < -0.39 is 23.8 Å². The largest absolute Gasteiger partial charge is 0.468 e. The average molecular weight is 368 g/mol. The maximum Gasteiger partial charge on any atom is 0.325 e. The van der Waals surface area contributed by atoms with Gasteiger partial charge in [0.1, 0.15) is 12.6 Å². The number of amides is 2. The average Bonchev–Trinajstić information content (AvgIpc) is 2.71. The zero-order chi connectivity index (χ0) is 19.6. The second kappa shape index (κ2) is 10.1. The molecular formula is C21H24N2O4. The fourth-order valence-electron chi connectivity index (χ4n) is 2.60. The van der Waals surface area contributed by atoms with Crippen LogP contribution in [0.1, 0.15) is 24.0 Å². The minimum Gasteiger partial charge on any atom is -0.468 e. The topological polar surface area (TPSA) is 84.5 Å². The smallest absolute Gasteiger partial charge is 0.325 e. The summed E-state index contributed by atoms with van der Waals surface area (Å²) in [6, 6.07) is 17.9. The lowest BCUT2D eigenvalue weighted by Gasteiger charge is -2.21. The van der Waals surface area contributed by atoms with Crippen molar-refractivity contribution in [1.82, 2.24) is 10.6 Å². The second-order valence-corrected chi connectivity index (χ2v) is 6.18. The molecule has 6 nitrogen and oxygen atoms in total. The highest BCUT2D eigenvalue weighted by molar-refractivity contribution is 5.91. The number of hydrogen-bond donors (Lipinski definition) is 2. The lowest BCUT2D eigenvalue weighted by atomic mass is 9.99. The maximum absolute atomic E-state index is 12.7. The Hall–Kier alpha value is -3.15. The first-order valence-electron chi connectivity index (χ1n) is 8.75. The van der Waals surface area contributed by atoms with E-state index in [4.69, 9.17) is 0 Å². The van der Waals surface area contributed by atoms with Crippen molar-refractivity contribution in [3.05, 3.63) is 71.8 Å². The Labute approximate surface area is 158 Å². The molecule has 0 fully saturated rings. The zero-order valence-electron chi connectivity index (χ0n) is 15.5. The van der Waals surface area contributed by atoms with Gasteiger partial charge in [0.2, 0.25) is 11.8 Å². The third-order valence-electron chi connectivity index (χ3n) is 4.24. The minimum atomic E-state index is -0.796. The maximum atomic E-state index is 12.7. The van der Waals surface area contributed by atoms with E-state index in [1.165, 1.54) is 7.11 Å². The van der Waals surface area contributed by atoms with Gasteiger partial charge in [-0.25, -0.2) is 0 Å². The van der Waals surface area contributed by atoms with Gasteiger partial charge in [-0.1, -0.05) is 60.7 Å². The van der Waals surface area contributed by atoms with Crippen LogP contribution in [-0.2, 0) is 25.5 Å². The minimum absolute atomic E-state index is 0.245. The molecule has 6 heteroatoms. The van der Waals surface area contributed by atoms with Crippen LogP contribution in [0.15, 0.2) is 60.7 Å². The Morgan fingerprint density at radius 2 is 1.52 bits per heavy atom. The molecule has 0 saturated heterocycles. The van der Waals surface area contributed by atoms with Gasteiger partial charge in [0.15, 0.2) is 0 Å². The molecule has 2 rings (SSSR count). The fraction of sp³-hybridized carbons (Fsp3) is 0.286. The van der Waals surface area contributed by atoms with Crippen LogP contribution in [0.4, 0.5) is 0 Å². The van der Waals surface area contributed by atoms with Gasteiger partial charge in [-0.15, -0.1) is 0 Å². The number of rotatable bonds is 8. The van der Waals surface area contributed by atoms with Gasteiger partial charge in [0.05, 0.1) is 13.0 Å². The molecule has 0 aliphatic rings. The SMILES string of the molecule is COC(=O)CNC(=O)[C@H](Cc1ccccc1)NC(=O)[C@H](C)c1ccccc1. The van der Waals surface area contributed by atoms with Gasteiger partial charge in [-0.05, 0) is 18.1 Å². The van der Waals surface area contributed by atoms with Crippen molar-refractivity contribution in [3.8, 4) is 0 Å². The van der Waals surface area contributed by atoms with Crippen LogP contribution < -0.4 is 10.6 Å². The number of carbonyl (C=O) groups excluding carboxylic acids is 3. The van der Waals surface area contributed by atoms with E-state index >= 15 is 0 Å². The summed E-state index contributed by atoms with van der Waals surface area (Å²) in [6.45, 7) is 1.54. The van der Waals surface area contributed by atoms with Crippen molar-refractivity contribution in [1.29, 1.82) is 0 Å². The van der Waals surface area contributed by atoms with Crippen molar-refractivity contribution in [2.75, 3.05) is 13.7 Å². The predicted molar refractivity (Wildman–Crippen MR) is 102 cm³/mol. The Morgan fingerprint density at radius 1 is 0.926 bits per heavy atom. The van der Waals surface area contributed by atoms with Gasteiger partial charge in [0, 0.05) is 6.42 Å². The monoisotopic (exact) mass is 368 g/mol. The summed E-state index contributed by atoms with van der Waals surface area (Å²) in [7, 11) is 1.25. The molecule has 142 valence electrons. The first kappa shape index (κ1) is 20.2. The molecule has 0 radical (unpaired) electrons. The van der Waals surface area contributed by atoms with Crippen molar-refractivity contribution >= 4 is 17.8 Å². The molecule has 0 saturated carbocycles. The van der Waals surface area contributed by atoms with Crippen LogP contribution in [0.3, 0.4) is 0 Å². The van der Waals surface area contributed by atoms with Gasteiger partial charge >= 0.3 is 5.97 Å². The quantitative estimate of drug-likeness (QED) is 0.696. The number of benzene rings is 2. The Morgan fingerprint density at radius 3 is 2.11 bits per heavy atom. The van der Waals surface area contributed by atoms with E-state index in [2.05, 4.69) is 15.4 Å². The summed E-state index contributed by atoms with van der Waals surface area (Å²) in [5, 5.41) is 5.31. The highest BCUT2D eigenvalue weighted by atomic mass is 16.5. The van der Waals surface area contributed by atoms with Crippen molar-refractivity contribution < 1.29 is 19.1 Å². The Bertz CT molecular complexity index is 762. The molecule has 0 aromatic heterocycles. The van der Waals surface area contributed by atoms with E-state index in [1.807, 2.05) is 60.7 Å². The number of carbonyl (C=O) groups is 3. The normalized spacial score (nSPS) is 12.5. The molecule has 0 spiro atoms. The summed E-state index contributed by atoms with van der Waals surface area (Å²) in [4.78, 5) is 36.5. The van der Waals surface area contributed by atoms with Crippen LogP contribution in [0.5, 0.6) is 0 Å². The summed E-state index contributed by atoms with van der Waals surface area (Å²) in [5.41, 5.74) is 1.77. The summed E-state index contributed by atoms with van der Waals surface area (Å²) in [5.74, 6) is -1.64. The third kappa shape index (κ3) is 6.26. The number of hydrogen-bond acceptors (Lipinski definition) is 4. The Balaban J connectivity index is 2.09. The molecule has 2 atom stereocenters. The summed E-state index contributed by atoms with van der Waals surface area (Å²) < 4.78 is 4.53. The summed E-state index contributed by atoms with van der Waals surface area (Å²) >= 11 is 0. The molecule has 2 amide bonds. The van der Waals surface area contributed by atoms with Crippen LogP contribution in [-0.4, -0.2) is 37.5 Å². The molecule has 2 aromatic rings. The van der Waals surface area contributed by atoms with Gasteiger partial charge in [-0.2, -0.15) is 0 Å². The highest BCUT2D eigenvalue weighted by Crippen LogP contribution is 2.15. The van der Waals surface area contributed by atoms with Crippen LogP contribution in [0, 0.1) is 0 Å². The van der Waals surface area contributed by atoms with E-state index in [0.717, 1.165) is 11.1 Å². The second-order valence-electron chi connectivity index (χ2n) is 6.18. The number of nitrogens with one attached hydrogen (secondary N) is 2. The molecule has 2 aromatic carbocycles. The Kier molecular flexibility index (Phi) is 7.55. The lowest BCUT2D eigenvalue weighted by Crippen LogP contribution is -2.50. The van der Waals surface area contributed by atoms with Crippen LogP contribution in [0.25, 0.3) is 0 Å². The number of methoxy groups -OCH3 is 1. The summed E-state index contributed by atoms with van der Waals surface area (Å²) in [6.07, 6.45) is 0.321. The molecular weight excluding hydrogens is 344 g/mol. The van der Waals surface area contributed by atoms with Crippen molar-refractivity contribution in [2.45, 2.75) is 25.3 Å². The number of esters is 1. The molecule has 0 bridgehead atoms. The van der Waals surface area contributed by atoms with E-state index in [0.29, 0.717) is 6.42 Å². The van der Waals surface area contributed by atoms with Gasteiger partial charge in [0.25, 0.3) is 0 Å². The van der Waals surface area contributed by atoms with E-state index in [1.54, 1.807) is 6.92 Å². The molecule has 0 aliphatic heterocycles. The highest BCUT2D eigenvalue weighted by Gasteiger charge is 2.25. The van der Waals surface area contributed by atoms with Crippen LogP contribution >= 0.6 is 0 Å². The first-order chi connectivity index (χ1) is 13.0. The van der Waals surface area contributed by atoms with E-state index in [-0.39, 0.29) is 12.5 Å². The standard InChI is InChI=1S/C21H24N2O4/c1-15(17-11-7-4-8-12-17)20(25)23-18(13-16-9-5-3-6-10-16)21(26)22-14-19(24)27-2/h3-12,15,18H,13-14H2,1-2H3,(H,22,26)(H,23,25)/t15-,18+/m1/s1. The van der Waals surface area contributed by atoms with Crippen LogP contribution in [0.2, 0.25) is 0 Å². The number of ether oxygens (including phenoxy) is 1. The predicted octanol–water partition coefficient (Wildman–Crippen LogP) is 1.81. The third-order valence-corrected chi connectivity index (χ3v) is 4.24. The lowest BCUT2D eigenvalue weighted by molar-refractivity contribution is -0.141. The molecule has 0 aliphatic carbocycles. The van der Waals surface area contributed by atoms with Gasteiger partial charge < -0.3 is 15.4 Å². The fourth-order valence-corrected chi connectivity index (χ4v) is 2.60. The van der Waals surface area contributed by atoms with E-state index in [9.17, 15) is 14.4 Å². The molecule has 0 heterocycles. The first-order valence-corrected chi connectivity index (χ1v) is 8.75. The molecule has 27 heavy (non-hydrogen) atoms. The van der Waals surface area contributed by atoms with Crippen molar-refractivity contribution in [3.63, 3.8) is 0 Å². The zero-order valence-corrected chi connectivity index (χ0v) is 15.5. The molecule has 0 unspecified atom stereocenters. The molecule has 2 N–H and O–H groups in total. The van der Waals surface area contributed by atoms with Gasteiger partial charge in [-0.3, -0.25) is 14.4 Å².